The van der Waals surface area contributed by atoms with Crippen molar-refractivity contribution in [3.8, 4) is 0 Å². The molecule has 0 aliphatic heterocycles. The Labute approximate surface area is 107 Å². The quantitative estimate of drug-likeness (QED) is 0.813. The molecule has 0 aromatic heterocycles. The normalized spacial score (nSPS) is 11.9. The van der Waals surface area contributed by atoms with E-state index in [4.69, 9.17) is 5.11 Å². The Kier molecular flexibility index (Phi) is 5.36. The van der Waals surface area contributed by atoms with Gasteiger partial charge in [-0.25, -0.2) is 0 Å². The lowest BCUT2D eigenvalue weighted by atomic mass is 10.1. The molecule has 18 heavy (non-hydrogen) atoms. The summed E-state index contributed by atoms with van der Waals surface area (Å²) in [4.78, 5) is 21.9. The molecule has 1 aromatic rings. The van der Waals surface area contributed by atoms with Crippen LogP contribution in [0.4, 0.5) is 0 Å². The van der Waals surface area contributed by atoms with E-state index in [9.17, 15) is 9.59 Å². The van der Waals surface area contributed by atoms with E-state index in [0.29, 0.717) is 6.42 Å². The number of carbonyl (C=O) groups excluding carboxylic acids is 1. The maximum Gasteiger partial charge on any atom is 0.303 e. The molecule has 1 rings (SSSR count). The Morgan fingerprint density at radius 2 is 1.83 bits per heavy atom. The fraction of sp³-hybridized carbons (Fsp3) is 0.429. The van der Waals surface area contributed by atoms with Crippen LogP contribution in [0, 0.1) is 6.92 Å². The number of rotatable bonds is 6. The minimum absolute atomic E-state index is 0.0341. The molecule has 98 valence electrons. The van der Waals surface area contributed by atoms with Gasteiger partial charge in [-0.3, -0.25) is 9.59 Å². The van der Waals surface area contributed by atoms with Crippen molar-refractivity contribution in [1.82, 2.24) is 5.32 Å². The van der Waals surface area contributed by atoms with Crippen molar-refractivity contribution in [2.24, 2.45) is 0 Å². The molecule has 1 amide bonds. The third-order valence-electron chi connectivity index (χ3n) is 2.75. The molecular formula is C14H19NO3. The first-order valence-electron chi connectivity index (χ1n) is 6.07. The SMILES string of the molecule is Cc1ccc([C@@H](C)NC(=O)CCCC(=O)O)cc1. The predicted octanol–water partition coefficient (Wildman–Crippen LogP) is 2.43. The average Bonchev–Trinajstić information content (AvgIpc) is 2.29. The Bertz CT molecular complexity index is 412. The molecule has 0 heterocycles. The summed E-state index contributed by atoms with van der Waals surface area (Å²) in [6.07, 6.45) is 0.663. The Morgan fingerprint density at radius 1 is 1.22 bits per heavy atom. The molecule has 1 atom stereocenters. The molecule has 0 aliphatic carbocycles. The van der Waals surface area contributed by atoms with Gasteiger partial charge in [-0.1, -0.05) is 29.8 Å². The van der Waals surface area contributed by atoms with Crippen LogP contribution in [0.15, 0.2) is 24.3 Å². The Hall–Kier alpha value is -1.84. The molecule has 0 aliphatic rings. The van der Waals surface area contributed by atoms with E-state index in [2.05, 4.69) is 5.32 Å². The smallest absolute Gasteiger partial charge is 0.303 e. The minimum atomic E-state index is -0.866. The van der Waals surface area contributed by atoms with Crippen molar-refractivity contribution in [2.75, 3.05) is 0 Å². The van der Waals surface area contributed by atoms with E-state index < -0.39 is 5.97 Å². The maximum atomic E-state index is 11.6. The number of nitrogens with one attached hydrogen (secondary N) is 1. The van der Waals surface area contributed by atoms with Crippen LogP contribution in [0.1, 0.15) is 43.4 Å². The molecule has 0 fully saturated rings. The number of hydrogen-bond donors (Lipinski definition) is 2. The van der Waals surface area contributed by atoms with Crippen LogP contribution in [0.5, 0.6) is 0 Å². The number of aryl methyl sites for hydroxylation is 1. The lowest BCUT2D eigenvalue weighted by Crippen LogP contribution is -2.26. The van der Waals surface area contributed by atoms with Crippen LogP contribution in [0.2, 0.25) is 0 Å². The first kappa shape index (κ1) is 14.2. The Balaban J connectivity index is 2.39. The average molecular weight is 249 g/mol. The van der Waals surface area contributed by atoms with Gasteiger partial charge in [-0.15, -0.1) is 0 Å². The molecule has 1 aromatic carbocycles. The number of carboxylic acids is 1. The monoisotopic (exact) mass is 249 g/mol. The zero-order valence-corrected chi connectivity index (χ0v) is 10.8. The molecule has 0 saturated heterocycles. The number of carboxylic acid groups (broad SMARTS) is 1. The summed E-state index contributed by atoms with van der Waals surface area (Å²) in [5.74, 6) is -0.973. The van der Waals surface area contributed by atoms with Gasteiger partial charge in [0.15, 0.2) is 0 Å². The van der Waals surface area contributed by atoms with E-state index in [1.54, 1.807) is 0 Å². The van der Waals surface area contributed by atoms with Crippen LogP contribution in [0.3, 0.4) is 0 Å². The molecule has 0 unspecified atom stereocenters. The lowest BCUT2D eigenvalue weighted by molar-refractivity contribution is -0.137. The minimum Gasteiger partial charge on any atom is -0.481 e. The number of carbonyl (C=O) groups is 2. The highest BCUT2D eigenvalue weighted by molar-refractivity contribution is 5.77. The summed E-state index contributed by atoms with van der Waals surface area (Å²) in [5.41, 5.74) is 2.23. The van der Waals surface area contributed by atoms with Crippen molar-refractivity contribution in [2.45, 2.75) is 39.2 Å². The molecule has 0 radical (unpaired) electrons. The fourth-order valence-corrected chi connectivity index (χ4v) is 1.65. The van der Waals surface area contributed by atoms with Gasteiger partial charge in [0, 0.05) is 12.8 Å². The largest absolute Gasteiger partial charge is 0.481 e. The number of aliphatic carboxylic acids is 1. The van der Waals surface area contributed by atoms with Gasteiger partial charge in [-0.2, -0.15) is 0 Å². The van der Waals surface area contributed by atoms with Gasteiger partial charge in [0.1, 0.15) is 0 Å². The summed E-state index contributed by atoms with van der Waals surface area (Å²) in [7, 11) is 0. The van der Waals surface area contributed by atoms with E-state index in [-0.39, 0.29) is 24.8 Å². The first-order valence-corrected chi connectivity index (χ1v) is 6.07. The number of benzene rings is 1. The molecule has 0 bridgehead atoms. The van der Waals surface area contributed by atoms with Gasteiger partial charge in [0.05, 0.1) is 6.04 Å². The van der Waals surface area contributed by atoms with Crippen molar-refractivity contribution in [3.05, 3.63) is 35.4 Å². The summed E-state index contributed by atoms with van der Waals surface area (Å²) >= 11 is 0. The van der Waals surface area contributed by atoms with Gasteiger partial charge in [0.25, 0.3) is 0 Å². The van der Waals surface area contributed by atoms with Gasteiger partial charge < -0.3 is 10.4 Å². The topological polar surface area (TPSA) is 66.4 Å². The van der Waals surface area contributed by atoms with E-state index in [1.807, 2.05) is 38.1 Å². The van der Waals surface area contributed by atoms with E-state index in [0.717, 1.165) is 5.56 Å². The third-order valence-corrected chi connectivity index (χ3v) is 2.75. The number of amides is 1. The standard InChI is InChI=1S/C14H19NO3/c1-10-6-8-12(9-7-10)11(2)15-13(16)4-3-5-14(17)18/h6-9,11H,3-5H2,1-2H3,(H,15,16)(H,17,18)/t11-/m1/s1. The van der Waals surface area contributed by atoms with Crippen molar-refractivity contribution in [3.63, 3.8) is 0 Å². The second-order valence-corrected chi connectivity index (χ2v) is 4.45. The van der Waals surface area contributed by atoms with Gasteiger partial charge >= 0.3 is 5.97 Å². The first-order chi connectivity index (χ1) is 8.49. The summed E-state index contributed by atoms with van der Waals surface area (Å²) in [6.45, 7) is 3.93. The van der Waals surface area contributed by atoms with Crippen LogP contribution >= 0.6 is 0 Å². The van der Waals surface area contributed by atoms with Gasteiger partial charge in [-0.05, 0) is 25.8 Å². The summed E-state index contributed by atoms with van der Waals surface area (Å²) in [5, 5.41) is 11.3. The predicted molar refractivity (Wildman–Crippen MR) is 69.2 cm³/mol. The highest BCUT2D eigenvalue weighted by Gasteiger charge is 2.09. The summed E-state index contributed by atoms with van der Waals surface area (Å²) < 4.78 is 0. The molecule has 0 spiro atoms. The van der Waals surface area contributed by atoms with Crippen LogP contribution < -0.4 is 5.32 Å². The third kappa shape index (κ3) is 4.99. The second kappa shape index (κ2) is 6.79. The Morgan fingerprint density at radius 3 is 2.39 bits per heavy atom. The van der Waals surface area contributed by atoms with Gasteiger partial charge in [0.2, 0.25) is 5.91 Å². The highest BCUT2D eigenvalue weighted by atomic mass is 16.4. The molecule has 2 N–H and O–H groups in total. The van der Waals surface area contributed by atoms with Crippen molar-refractivity contribution < 1.29 is 14.7 Å². The van der Waals surface area contributed by atoms with E-state index in [1.165, 1.54) is 5.56 Å². The molecule has 0 saturated carbocycles. The fourth-order valence-electron chi connectivity index (χ4n) is 1.65. The maximum absolute atomic E-state index is 11.6. The molecular weight excluding hydrogens is 230 g/mol. The van der Waals surface area contributed by atoms with Crippen LogP contribution in [-0.2, 0) is 9.59 Å². The zero-order valence-electron chi connectivity index (χ0n) is 10.8. The van der Waals surface area contributed by atoms with Crippen molar-refractivity contribution in [1.29, 1.82) is 0 Å². The highest BCUT2D eigenvalue weighted by Crippen LogP contribution is 2.13. The van der Waals surface area contributed by atoms with Crippen LogP contribution in [0.25, 0.3) is 0 Å². The zero-order chi connectivity index (χ0) is 13.5. The molecule has 4 heteroatoms. The second-order valence-electron chi connectivity index (χ2n) is 4.45. The molecule has 4 nitrogen and oxygen atoms in total. The summed E-state index contributed by atoms with van der Waals surface area (Å²) in [6, 6.07) is 7.92. The lowest BCUT2D eigenvalue weighted by Gasteiger charge is -2.14. The van der Waals surface area contributed by atoms with E-state index >= 15 is 0 Å². The number of hydrogen-bond acceptors (Lipinski definition) is 2. The van der Waals surface area contributed by atoms with Crippen LogP contribution in [-0.4, -0.2) is 17.0 Å². The van der Waals surface area contributed by atoms with Crippen molar-refractivity contribution >= 4 is 11.9 Å².